The standard InChI is InChI=1S/C28H29N5O6S2/c1-18-8-11-21(16-29-18)27-31-25(17-40-27)23(14-20-9-12-22(13-10-20)33-39-41(36)37)30-26(34)24(32-28(35)38-2)15-19-6-4-3-5-7-19/h3-13,16-17,23-24,33,41H,14-15H2,1-2H3,(H,30,34)(H,32,35)/t23-,24-/m0/s1. The van der Waals surface area contributed by atoms with Gasteiger partial charge in [-0.2, -0.15) is 4.28 Å². The molecule has 11 nitrogen and oxygen atoms in total. The first kappa shape index (κ1) is 29.6. The molecule has 2 heterocycles. The largest absolute Gasteiger partial charge is 0.453 e. The molecule has 2 aromatic carbocycles. The van der Waals surface area contributed by atoms with E-state index in [1.165, 1.54) is 18.4 Å². The second-order valence-corrected chi connectivity index (χ2v) is 10.5. The van der Waals surface area contributed by atoms with E-state index in [2.05, 4.69) is 25.4 Å². The van der Waals surface area contributed by atoms with E-state index >= 15 is 0 Å². The van der Waals surface area contributed by atoms with E-state index in [1.54, 1.807) is 30.5 Å². The summed E-state index contributed by atoms with van der Waals surface area (Å²) in [6.07, 6.45) is 1.67. The smallest absolute Gasteiger partial charge is 0.407 e. The van der Waals surface area contributed by atoms with E-state index in [0.29, 0.717) is 17.8 Å². The number of pyridine rings is 1. The second-order valence-electron chi connectivity index (χ2n) is 9.02. The number of anilines is 1. The summed E-state index contributed by atoms with van der Waals surface area (Å²) in [7, 11) is -1.81. The highest BCUT2D eigenvalue weighted by atomic mass is 32.2. The number of amides is 2. The van der Waals surface area contributed by atoms with E-state index in [-0.39, 0.29) is 6.42 Å². The van der Waals surface area contributed by atoms with Crippen molar-refractivity contribution >= 4 is 40.0 Å². The van der Waals surface area contributed by atoms with Crippen LogP contribution in [0.2, 0.25) is 0 Å². The molecule has 0 bridgehead atoms. The van der Waals surface area contributed by atoms with E-state index in [1.807, 2.05) is 54.8 Å². The molecule has 0 fully saturated rings. The number of methoxy groups -OCH3 is 1. The highest BCUT2D eigenvalue weighted by Gasteiger charge is 2.26. The van der Waals surface area contributed by atoms with Crippen LogP contribution in [0, 0.1) is 6.92 Å². The Bertz CT molecular complexity index is 1520. The fraction of sp³-hybridized carbons (Fsp3) is 0.214. The molecule has 0 saturated heterocycles. The SMILES string of the molecule is COC(=O)N[C@@H](Cc1ccccc1)C(=O)N[C@@H](Cc1ccc(NO[SH](=O)=O)cc1)c1csc(-c2ccc(C)nc2)n1. The minimum atomic E-state index is -3.05. The molecular formula is C28H29N5O6S2. The minimum absolute atomic E-state index is 0.258. The van der Waals surface area contributed by atoms with Crippen LogP contribution in [-0.4, -0.2) is 43.5 Å². The number of carbonyl (C=O) groups excluding carboxylic acids is 2. The summed E-state index contributed by atoms with van der Waals surface area (Å²) in [5, 5.41) is 8.33. The highest BCUT2D eigenvalue weighted by molar-refractivity contribution is 7.67. The molecule has 0 radical (unpaired) electrons. The van der Waals surface area contributed by atoms with Crippen molar-refractivity contribution in [2.75, 3.05) is 12.6 Å². The summed E-state index contributed by atoms with van der Waals surface area (Å²) < 4.78 is 30.6. The van der Waals surface area contributed by atoms with Gasteiger partial charge in [0.1, 0.15) is 11.0 Å². The number of nitrogens with one attached hydrogen (secondary N) is 3. The predicted molar refractivity (Wildman–Crippen MR) is 156 cm³/mol. The van der Waals surface area contributed by atoms with Crippen LogP contribution in [0.3, 0.4) is 0 Å². The summed E-state index contributed by atoms with van der Waals surface area (Å²) in [5.74, 6) is -0.401. The molecule has 0 unspecified atom stereocenters. The Hall–Kier alpha value is -4.33. The maximum atomic E-state index is 13.6. The molecule has 0 saturated carbocycles. The Labute approximate surface area is 243 Å². The summed E-state index contributed by atoms with van der Waals surface area (Å²) in [6, 6.07) is 18.7. The van der Waals surface area contributed by atoms with Crippen molar-refractivity contribution in [1.29, 1.82) is 0 Å². The van der Waals surface area contributed by atoms with E-state index in [4.69, 9.17) is 9.72 Å². The molecule has 0 aliphatic heterocycles. The lowest BCUT2D eigenvalue weighted by Gasteiger charge is -2.23. The Morgan fingerprint density at radius 3 is 2.34 bits per heavy atom. The number of nitrogens with zero attached hydrogens (tertiary/aromatic N) is 2. The lowest BCUT2D eigenvalue weighted by atomic mass is 10.0. The molecular weight excluding hydrogens is 566 g/mol. The molecule has 214 valence electrons. The van der Waals surface area contributed by atoms with E-state index < -0.39 is 35.1 Å². The van der Waals surface area contributed by atoms with Gasteiger partial charge in [0, 0.05) is 29.3 Å². The van der Waals surface area contributed by atoms with Gasteiger partial charge in [-0.1, -0.05) is 42.5 Å². The van der Waals surface area contributed by atoms with Crippen molar-refractivity contribution in [1.82, 2.24) is 20.6 Å². The quantitative estimate of drug-likeness (QED) is 0.142. The van der Waals surface area contributed by atoms with E-state index in [9.17, 15) is 18.0 Å². The van der Waals surface area contributed by atoms with Crippen LogP contribution >= 0.6 is 11.3 Å². The third-order valence-corrected chi connectivity index (χ3v) is 7.21. The van der Waals surface area contributed by atoms with Crippen molar-refractivity contribution in [3.8, 4) is 10.6 Å². The average Bonchev–Trinajstić information content (AvgIpc) is 3.47. The zero-order valence-corrected chi connectivity index (χ0v) is 24.0. The topological polar surface area (TPSA) is 149 Å². The number of alkyl carbamates (subject to hydrolysis) is 1. The fourth-order valence-corrected chi connectivity index (χ4v) is 5.01. The zero-order chi connectivity index (χ0) is 29.2. The number of ether oxygens (including phenoxy) is 1. The van der Waals surface area contributed by atoms with Crippen LogP contribution in [0.15, 0.2) is 78.3 Å². The Morgan fingerprint density at radius 1 is 0.951 bits per heavy atom. The van der Waals surface area contributed by atoms with Gasteiger partial charge in [-0.05, 0) is 48.7 Å². The summed E-state index contributed by atoms with van der Waals surface area (Å²) in [6.45, 7) is 1.91. The lowest BCUT2D eigenvalue weighted by molar-refractivity contribution is -0.123. The molecule has 0 aliphatic rings. The summed E-state index contributed by atoms with van der Waals surface area (Å²) >= 11 is 1.44. The maximum Gasteiger partial charge on any atom is 0.407 e. The summed E-state index contributed by atoms with van der Waals surface area (Å²) in [4.78, 5) is 34.8. The third-order valence-electron chi connectivity index (χ3n) is 6.06. The van der Waals surface area contributed by atoms with Gasteiger partial charge in [0.25, 0.3) is 11.0 Å². The van der Waals surface area contributed by atoms with Gasteiger partial charge < -0.3 is 15.4 Å². The van der Waals surface area contributed by atoms with Gasteiger partial charge >= 0.3 is 6.09 Å². The Kier molecular flexibility index (Phi) is 10.4. The van der Waals surface area contributed by atoms with Gasteiger partial charge in [0.15, 0.2) is 0 Å². The number of thiol groups is 1. The predicted octanol–water partition coefficient (Wildman–Crippen LogP) is 3.75. The first-order valence-corrected chi connectivity index (χ1v) is 14.5. The number of thiazole rings is 1. The van der Waals surface area contributed by atoms with Crippen LogP contribution in [-0.2, 0) is 37.6 Å². The molecule has 4 rings (SSSR count). The summed E-state index contributed by atoms with van der Waals surface area (Å²) in [5.41, 5.74) is 6.90. The number of rotatable bonds is 12. The van der Waals surface area contributed by atoms with Gasteiger partial charge in [-0.3, -0.25) is 9.78 Å². The molecule has 0 spiro atoms. The molecule has 13 heteroatoms. The number of hydrogen-bond acceptors (Lipinski definition) is 10. The van der Waals surface area contributed by atoms with Crippen molar-refractivity contribution in [2.45, 2.75) is 31.8 Å². The molecule has 0 aliphatic carbocycles. The first-order valence-electron chi connectivity index (χ1n) is 12.5. The van der Waals surface area contributed by atoms with Crippen molar-refractivity contribution in [2.24, 2.45) is 0 Å². The fourth-order valence-electron chi connectivity index (χ4n) is 3.97. The zero-order valence-electron chi connectivity index (χ0n) is 22.3. The number of aromatic nitrogens is 2. The van der Waals surface area contributed by atoms with Crippen LogP contribution in [0.4, 0.5) is 10.5 Å². The molecule has 3 N–H and O–H groups in total. The Balaban J connectivity index is 1.59. The normalized spacial score (nSPS) is 12.4. The van der Waals surface area contributed by atoms with Crippen molar-refractivity contribution in [3.63, 3.8) is 0 Å². The lowest BCUT2D eigenvalue weighted by Crippen LogP contribution is -2.49. The maximum absolute atomic E-state index is 13.6. The first-order chi connectivity index (χ1) is 19.8. The van der Waals surface area contributed by atoms with Crippen LogP contribution in [0.1, 0.15) is 28.6 Å². The van der Waals surface area contributed by atoms with Crippen LogP contribution in [0.25, 0.3) is 10.6 Å². The highest BCUT2D eigenvalue weighted by Crippen LogP contribution is 2.28. The van der Waals surface area contributed by atoms with E-state index in [0.717, 1.165) is 27.4 Å². The number of benzene rings is 2. The molecule has 2 atom stereocenters. The van der Waals surface area contributed by atoms with Crippen molar-refractivity contribution < 1.29 is 27.0 Å². The minimum Gasteiger partial charge on any atom is -0.453 e. The Morgan fingerprint density at radius 2 is 1.68 bits per heavy atom. The molecule has 2 aromatic heterocycles. The number of aryl methyl sites for hydroxylation is 1. The number of carbonyl (C=O) groups is 2. The third kappa shape index (κ3) is 8.83. The van der Waals surface area contributed by atoms with Gasteiger partial charge in [0.05, 0.1) is 24.5 Å². The van der Waals surface area contributed by atoms with Crippen molar-refractivity contribution in [3.05, 3.63) is 101 Å². The molecule has 4 aromatic rings. The monoisotopic (exact) mass is 595 g/mol. The van der Waals surface area contributed by atoms with Gasteiger partial charge in [0.2, 0.25) is 5.91 Å². The number of hydrogen-bond donors (Lipinski definition) is 4. The van der Waals surface area contributed by atoms with Gasteiger partial charge in [-0.15, -0.1) is 11.3 Å². The molecule has 41 heavy (non-hydrogen) atoms. The van der Waals surface area contributed by atoms with Crippen LogP contribution in [0.5, 0.6) is 0 Å². The molecule has 2 amide bonds. The second kappa shape index (κ2) is 14.3. The van der Waals surface area contributed by atoms with Crippen LogP contribution < -0.4 is 16.1 Å². The average molecular weight is 596 g/mol. The van der Waals surface area contributed by atoms with Gasteiger partial charge in [-0.25, -0.2) is 23.7 Å².